The summed E-state index contributed by atoms with van der Waals surface area (Å²) in [5.41, 5.74) is 2.12. The fourth-order valence-corrected chi connectivity index (χ4v) is 4.51. The molecular weight excluding hydrogens is 298 g/mol. The predicted octanol–water partition coefficient (Wildman–Crippen LogP) is 3.91. The Morgan fingerprint density at radius 3 is 2.79 bits per heavy atom. The number of nitrogens with zero attached hydrogens (tertiary/aromatic N) is 1. The van der Waals surface area contributed by atoms with Crippen molar-refractivity contribution in [3.8, 4) is 0 Å². The number of fused-ring (bicyclic) bond motifs is 3. The molecule has 4 heteroatoms. The second kappa shape index (κ2) is 6.60. The summed E-state index contributed by atoms with van der Waals surface area (Å²) >= 11 is 0. The lowest BCUT2D eigenvalue weighted by atomic mass is 9.89. The minimum atomic E-state index is 0.161. The van der Waals surface area contributed by atoms with Gasteiger partial charge in [-0.25, -0.2) is 0 Å². The van der Waals surface area contributed by atoms with Crippen molar-refractivity contribution in [3.63, 3.8) is 0 Å². The van der Waals surface area contributed by atoms with Gasteiger partial charge >= 0.3 is 0 Å². The first-order valence-corrected chi connectivity index (χ1v) is 9.36. The average Bonchev–Trinajstić information content (AvgIpc) is 3.11. The fourth-order valence-electron chi connectivity index (χ4n) is 4.51. The van der Waals surface area contributed by atoms with Gasteiger partial charge < -0.3 is 15.2 Å². The van der Waals surface area contributed by atoms with Gasteiger partial charge in [0, 0.05) is 36.9 Å². The Kier molecular flexibility index (Phi) is 4.31. The number of aromatic nitrogens is 1. The van der Waals surface area contributed by atoms with Crippen LogP contribution in [0.15, 0.2) is 30.5 Å². The molecule has 0 saturated carbocycles. The summed E-state index contributed by atoms with van der Waals surface area (Å²) in [6, 6.07) is 9.66. The molecule has 2 fully saturated rings. The van der Waals surface area contributed by atoms with Gasteiger partial charge in [-0.1, -0.05) is 13.0 Å². The SMILES string of the molecule is CCCn1ccc2ccc(NC(=O)CC3CC4CCC(C3)N4)cc21. The number of aryl methyl sites for hydroxylation is 1. The van der Waals surface area contributed by atoms with E-state index in [1.165, 1.54) is 23.7 Å². The first-order chi connectivity index (χ1) is 11.7. The van der Waals surface area contributed by atoms with E-state index in [0.717, 1.165) is 31.5 Å². The molecule has 2 atom stereocenters. The van der Waals surface area contributed by atoms with E-state index in [0.29, 0.717) is 24.4 Å². The molecular formula is C20H27N3O. The van der Waals surface area contributed by atoms with Crippen LogP contribution in [0.25, 0.3) is 10.9 Å². The van der Waals surface area contributed by atoms with Gasteiger partial charge in [-0.3, -0.25) is 4.79 Å². The first-order valence-electron chi connectivity index (χ1n) is 9.36. The molecule has 2 aromatic rings. The standard InChI is InChI=1S/C20H27N3O/c1-2-8-23-9-7-15-3-4-18(13-19(15)23)22-20(24)12-14-10-16-5-6-17(11-14)21-16/h3-4,7,9,13-14,16-17,21H,2,5-6,8,10-12H2,1H3,(H,22,24). The van der Waals surface area contributed by atoms with E-state index < -0.39 is 0 Å². The minimum absolute atomic E-state index is 0.161. The number of rotatable bonds is 5. The lowest BCUT2D eigenvalue weighted by Crippen LogP contribution is -2.39. The smallest absolute Gasteiger partial charge is 0.224 e. The monoisotopic (exact) mass is 325 g/mol. The van der Waals surface area contributed by atoms with Gasteiger partial charge in [0.05, 0.1) is 5.52 Å². The van der Waals surface area contributed by atoms with E-state index in [4.69, 9.17) is 0 Å². The molecule has 3 heterocycles. The van der Waals surface area contributed by atoms with Crippen molar-refractivity contribution in [1.29, 1.82) is 0 Å². The Morgan fingerprint density at radius 1 is 1.25 bits per heavy atom. The van der Waals surface area contributed by atoms with E-state index in [-0.39, 0.29) is 5.91 Å². The van der Waals surface area contributed by atoms with Crippen LogP contribution in [0.2, 0.25) is 0 Å². The van der Waals surface area contributed by atoms with Crippen LogP contribution in [0.5, 0.6) is 0 Å². The number of benzene rings is 1. The molecule has 2 bridgehead atoms. The Bertz CT molecular complexity index is 724. The second-order valence-corrected chi connectivity index (χ2v) is 7.51. The number of piperidine rings is 1. The molecule has 0 radical (unpaired) electrons. The molecule has 24 heavy (non-hydrogen) atoms. The summed E-state index contributed by atoms with van der Waals surface area (Å²) in [4.78, 5) is 12.5. The van der Waals surface area contributed by atoms with Gasteiger partial charge in [0.1, 0.15) is 0 Å². The van der Waals surface area contributed by atoms with Gasteiger partial charge in [-0.05, 0) is 61.6 Å². The molecule has 128 valence electrons. The third-order valence-electron chi connectivity index (χ3n) is 5.57. The number of nitrogens with one attached hydrogen (secondary N) is 2. The normalized spacial score (nSPS) is 26.0. The predicted molar refractivity (Wildman–Crippen MR) is 98.1 cm³/mol. The van der Waals surface area contributed by atoms with Crippen LogP contribution in [-0.4, -0.2) is 22.6 Å². The highest BCUT2D eigenvalue weighted by Crippen LogP contribution is 2.33. The number of carbonyl (C=O) groups excluding carboxylic acids is 1. The number of carbonyl (C=O) groups is 1. The van der Waals surface area contributed by atoms with E-state index in [2.05, 4.69) is 46.5 Å². The van der Waals surface area contributed by atoms with Crippen molar-refractivity contribution in [3.05, 3.63) is 30.5 Å². The first kappa shape index (κ1) is 15.7. The van der Waals surface area contributed by atoms with Gasteiger partial charge in [0.25, 0.3) is 0 Å². The fraction of sp³-hybridized carbons (Fsp3) is 0.550. The lowest BCUT2D eigenvalue weighted by molar-refractivity contribution is -0.117. The van der Waals surface area contributed by atoms with Crippen LogP contribution >= 0.6 is 0 Å². The molecule has 2 aliphatic heterocycles. The molecule has 2 saturated heterocycles. The Balaban J connectivity index is 1.41. The summed E-state index contributed by atoms with van der Waals surface area (Å²) in [7, 11) is 0. The molecule has 0 spiro atoms. The van der Waals surface area contributed by atoms with Crippen LogP contribution in [-0.2, 0) is 11.3 Å². The van der Waals surface area contributed by atoms with Crippen LogP contribution in [0.1, 0.15) is 45.4 Å². The summed E-state index contributed by atoms with van der Waals surface area (Å²) in [6.07, 6.45) is 8.78. The summed E-state index contributed by atoms with van der Waals surface area (Å²) < 4.78 is 2.26. The highest BCUT2D eigenvalue weighted by Gasteiger charge is 2.34. The average molecular weight is 325 g/mol. The molecule has 4 nitrogen and oxygen atoms in total. The third kappa shape index (κ3) is 3.20. The van der Waals surface area contributed by atoms with E-state index in [9.17, 15) is 4.79 Å². The lowest BCUT2D eigenvalue weighted by Gasteiger charge is -2.28. The van der Waals surface area contributed by atoms with E-state index >= 15 is 0 Å². The van der Waals surface area contributed by atoms with Gasteiger partial charge in [-0.2, -0.15) is 0 Å². The molecule has 1 aromatic heterocycles. The van der Waals surface area contributed by atoms with Crippen molar-refractivity contribution in [2.45, 2.75) is 64.1 Å². The minimum Gasteiger partial charge on any atom is -0.347 e. The van der Waals surface area contributed by atoms with Crippen molar-refractivity contribution in [1.82, 2.24) is 9.88 Å². The second-order valence-electron chi connectivity index (χ2n) is 7.51. The van der Waals surface area contributed by atoms with E-state index in [1.54, 1.807) is 0 Å². The zero-order valence-electron chi connectivity index (χ0n) is 14.4. The number of hydrogen-bond acceptors (Lipinski definition) is 2. The molecule has 0 aliphatic carbocycles. The Hall–Kier alpha value is -1.81. The third-order valence-corrected chi connectivity index (χ3v) is 5.57. The highest BCUT2D eigenvalue weighted by atomic mass is 16.1. The number of hydrogen-bond donors (Lipinski definition) is 2. The largest absolute Gasteiger partial charge is 0.347 e. The molecule has 1 amide bonds. The maximum Gasteiger partial charge on any atom is 0.224 e. The Morgan fingerprint density at radius 2 is 2.04 bits per heavy atom. The summed E-state index contributed by atoms with van der Waals surface area (Å²) in [5.74, 6) is 0.700. The van der Waals surface area contributed by atoms with Gasteiger partial charge in [0.15, 0.2) is 0 Å². The topological polar surface area (TPSA) is 46.1 Å². The zero-order chi connectivity index (χ0) is 16.5. The van der Waals surface area contributed by atoms with Crippen molar-refractivity contribution >= 4 is 22.5 Å². The quantitative estimate of drug-likeness (QED) is 0.875. The van der Waals surface area contributed by atoms with Crippen LogP contribution in [0.4, 0.5) is 5.69 Å². The molecule has 2 N–H and O–H groups in total. The van der Waals surface area contributed by atoms with Crippen LogP contribution in [0.3, 0.4) is 0 Å². The maximum absolute atomic E-state index is 12.5. The highest BCUT2D eigenvalue weighted by molar-refractivity contribution is 5.93. The Labute approximate surface area is 143 Å². The molecule has 2 aliphatic rings. The van der Waals surface area contributed by atoms with Gasteiger partial charge in [-0.15, -0.1) is 0 Å². The van der Waals surface area contributed by atoms with E-state index in [1.807, 2.05) is 6.07 Å². The summed E-state index contributed by atoms with van der Waals surface area (Å²) in [6.45, 7) is 3.20. The molecule has 2 unspecified atom stereocenters. The van der Waals surface area contributed by atoms with Crippen molar-refractivity contribution < 1.29 is 4.79 Å². The van der Waals surface area contributed by atoms with Crippen LogP contribution < -0.4 is 10.6 Å². The number of anilines is 1. The van der Waals surface area contributed by atoms with Crippen molar-refractivity contribution in [2.24, 2.45) is 5.92 Å². The number of amides is 1. The van der Waals surface area contributed by atoms with Crippen molar-refractivity contribution in [2.75, 3.05) is 5.32 Å². The van der Waals surface area contributed by atoms with Gasteiger partial charge in [0.2, 0.25) is 5.91 Å². The zero-order valence-corrected chi connectivity index (χ0v) is 14.4. The molecule has 1 aromatic carbocycles. The van der Waals surface area contributed by atoms with Crippen LogP contribution in [0, 0.1) is 5.92 Å². The maximum atomic E-state index is 12.5. The molecule has 4 rings (SSSR count). The summed E-state index contributed by atoms with van der Waals surface area (Å²) in [5, 5.41) is 7.99.